The number of halogens is 3. The molecule has 2 atom stereocenters. The lowest BCUT2D eigenvalue weighted by molar-refractivity contribution is -0.120. The average molecular weight is 541 g/mol. The molecule has 7 heteroatoms. The number of ketones is 1. The van der Waals surface area contributed by atoms with Gasteiger partial charge in [-0.25, -0.2) is 0 Å². The summed E-state index contributed by atoms with van der Waals surface area (Å²) in [6.07, 6.45) is 0.970. The zero-order chi connectivity index (χ0) is 25.6. The largest absolute Gasteiger partial charge is 0.495 e. The number of hydrogen-bond donors (Lipinski definition) is 0. The molecule has 3 aromatic carbocycles. The standard InChI is InChI=1S/C29H24Cl3NO3/c1-16-11-23(26(36-2)15-22(16)31)33-24-12-18(17-7-4-3-5-8-17)13-25(34)28(24)20(14-27(33)35)19-9-6-10-21(30)29(19)32/h3-11,15,18,20H,12-14H2,1-2H3. The minimum absolute atomic E-state index is 0.00768. The smallest absolute Gasteiger partial charge is 0.232 e. The van der Waals surface area contributed by atoms with Gasteiger partial charge in [0.15, 0.2) is 5.78 Å². The van der Waals surface area contributed by atoms with Crippen molar-refractivity contribution >= 4 is 52.2 Å². The number of aryl methyl sites for hydroxylation is 1. The summed E-state index contributed by atoms with van der Waals surface area (Å²) < 4.78 is 5.62. The summed E-state index contributed by atoms with van der Waals surface area (Å²) in [5.74, 6) is -0.191. The van der Waals surface area contributed by atoms with Crippen LogP contribution in [0.15, 0.2) is 71.9 Å². The molecule has 184 valence electrons. The molecule has 0 aromatic heterocycles. The van der Waals surface area contributed by atoms with E-state index in [2.05, 4.69) is 0 Å². The Morgan fingerprint density at radius 2 is 1.64 bits per heavy atom. The summed E-state index contributed by atoms with van der Waals surface area (Å²) in [4.78, 5) is 29.3. The third-order valence-corrected chi connectivity index (χ3v) is 8.30. The predicted octanol–water partition coefficient (Wildman–Crippen LogP) is 7.89. The second kappa shape index (κ2) is 9.93. The van der Waals surface area contributed by atoms with Crippen LogP contribution in [-0.4, -0.2) is 18.8 Å². The molecule has 5 rings (SSSR count). The van der Waals surface area contributed by atoms with Gasteiger partial charge in [0, 0.05) is 41.1 Å². The maximum Gasteiger partial charge on any atom is 0.232 e. The molecular formula is C29H24Cl3NO3. The van der Waals surface area contributed by atoms with E-state index in [1.807, 2.05) is 49.4 Å². The van der Waals surface area contributed by atoms with Crippen LogP contribution in [0.5, 0.6) is 5.75 Å². The monoisotopic (exact) mass is 539 g/mol. The first-order valence-corrected chi connectivity index (χ1v) is 12.9. The maximum atomic E-state index is 13.9. The molecule has 3 aromatic rings. The SMILES string of the molecule is COc1cc(Cl)c(C)cc1N1C(=O)CC(c2cccc(Cl)c2Cl)C2=C1CC(c1ccccc1)CC2=O. The van der Waals surface area contributed by atoms with Gasteiger partial charge in [0.05, 0.1) is 22.8 Å². The van der Waals surface area contributed by atoms with E-state index < -0.39 is 5.92 Å². The van der Waals surface area contributed by atoms with Crippen LogP contribution in [0.4, 0.5) is 5.69 Å². The van der Waals surface area contributed by atoms with Crippen LogP contribution < -0.4 is 9.64 Å². The Hall–Kier alpha value is -2.79. The first kappa shape index (κ1) is 24.9. The zero-order valence-corrected chi connectivity index (χ0v) is 22.1. The highest BCUT2D eigenvalue weighted by atomic mass is 35.5. The molecule has 0 radical (unpaired) electrons. The molecule has 0 N–H and O–H groups in total. The van der Waals surface area contributed by atoms with Gasteiger partial charge in [-0.15, -0.1) is 0 Å². The van der Waals surface area contributed by atoms with E-state index in [-0.39, 0.29) is 24.0 Å². The molecular weight excluding hydrogens is 517 g/mol. The number of allylic oxidation sites excluding steroid dienone is 2. The first-order chi connectivity index (χ1) is 17.3. The molecule has 0 fully saturated rings. The Balaban J connectivity index is 1.73. The number of ether oxygens (including phenoxy) is 1. The number of hydrogen-bond acceptors (Lipinski definition) is 3. The number of nitrogens with zero attached hydrogens (tertiary/aromatic N) is 1. The number of carbonyl (C=O) groups is 2. The van der Waals surface area contributed by atoms with E-state index in [9.17, 15) is 9.59 Å². The molecule has 0 saturated heterocycles. The van der Waals surface area contributed by atoms with Crippen molar-refractivity contribution in [2.24, 2.45) is 0 Å². The summed E-state index contributed by atoms with van der Waals surface area (Å²) in [6.45, 7) is 1.88. The van der Waals surface area contributed by atoms with Crippen LogP contribution in [0.2, 0.25) is 15.1 Å². The van der Waals surface area contributed by atoms with E-state index in [1.165, 1.54) is 0 Å². The average Bonchev–Trinajstić information content (AvgIpc) is 2.87. The second-order valence-corrected chi connectivity index (χ2v) is 10.4. The van der Waals surface area contributed by atoms with Gasteiger partial charge in [0.1, 0.15) is 5.75 Å². The Bertz CT molecular complexity index is 1400. The van der Waals surface area contributed by atoms with Crippen molar-refractivity contribution in [3.8, 4) is 5.75 Å². The summed E-state index contributed by atoms with van der Waals surface area (Å²) >= 11 is 19.3. The molecule has 36 heavy (non-hydrogen) atoms. The van der Waals surface area contributed by atoms with Gasteiger partial charge >= 0.3 is 0 Å². The molecule has 1 heterocycles. The lowest BCUT2D eigenvalue weighted by atomic mass is 9.72. The molecule has 1 aliphatic carbocycles. The normalized spacial score (nSPS) is 20.0. The van der Waals surface area contributed by atoms with Gasteiger partial charge < -0.3 is 4.74 Å². The van der Waals surface area contributed by atoms with Crippen LogP contribution >= 0.6 is 34.8 Å². The van der Waals surface area contributed by atoms with Crippen molar-refractivity contribution in [3.05, 3.63) is 104 Å². The first-order valence-electron chi connectivity index (χ1n) is 11.7. The lowest BCUT2D eigenvalue weighted by Gasteiger charge is -2.41. The summed E-state index contributed by atoms with van der Waals surface area (Å²) in [6, 6.07) is 18.8. The third kappa shape index (κ3) is 4.32. The lowest BCUT2D eigenvalue weighted by Crippen LogP contribution is -2.42. The van der Waals surface area contributed by atoms with Crippen LogP contribution in [0.1, 0.15) is 47.8 Å². The molecule has 0 saturated carbocycles. The fourth-order valence-electron chi connectivity index (χ4n) is 5.32. The molecule has 4 nitrogen and oxygen atoms in total. The predicted molar refractivity (Wildman–Crippen MR) is 144 cm³/mol. The molecule has 1 aliphatic heterocycles. The van der Waals surface area contributed by atoms with Crippen molar-refractivity contribution < 1.29 is 14.3 Å². The number of Topliss-reactive ketones (excluding diaryl/α,β-unsaturated/α-hetero) is 1. The molecule has 2 aliphatic rings. The van der Waals surface area contributed by atoms with Crippen molar-refractivity contribution in [2.75, 3.05) is 12.0 Å². The van der Waals surface area contributed by atoms with Gasteiger partial charge in [-0.1, -0.05) is 77.3 Å². The Labute approximate surface area is 225 Å². The van der Waals surface area contributed by atoms with Crippen molar-refractivity contribution in [3.63, 3.8) is 0 Å². The van der Waals surface area contributed by atoms with Crippen molar-refractivity contribution in [1.82, 2.24) is 0 Å². The van der Waals surface area contributed by atoms with Crippen LogP contribution in [0.3, 0.4) is 0 Å². The van der Waals surface area contributed by atoms with Gasteiger partial charge in [0.2, 0.25) is 5.91 Å². The van der Waals surface area contributed by atoms with Gasteiger partial charge in [-0.2, -0.15) is 0 Å². The summed E-state index contributed by atoms with van der Waals surface area (Å²) in [7, 11) is 1.54. The fraction of sp³-hybridized carbons (Fsp3) is 0.241. The van der Waals surface area contributed by atoms with E-state index >= 15 is 0 Å². The summed E-state index contributed by atoms with van der Waals surface area (Å²) in [5.41, 5.74) is 4.43. The van der Waals surface area contributed by atoms with E-state index in [4.69, 9.17) is 39.5 Å². The summed E-state index contributed by atoms with van der Waals surface area (Å²) in [5, 5.41) is 1.31. The minimum atomic E-state index is -0.474. The molecule has 1 amide bonds. The molecule has 0 bridgehead atoms. The number of benzene rings is 3. The van der Waals surface area contributed by atoms with Gasteiger partial charge in [-0.3, -0.25) is 14.5 Å². The van der Waals surface area contributed by atoms with E-state index in [0.29, 0.717) is 56.2 Å². The van der Waals surface area contributed by atoms with Gasteiger partial charge in [-0.05, 0) is 48.1 Å². The Kier molecular flexibility index (Phi) is 6.86. The fourth-order valence-corrected chi connectivity index (χ4v) is 5.91. The zero-order valence-electron chi connectivity index (χ0n) is 19.9. The number of carbonyl (C=O) groups excluding carboxylic acids is 2. The van der Waals surface area contributed by atoms with Crippen LogP contribution in [0, 0.1) is 6.92 Å². The number of methoxy groups -OCH3 is 1. The number of amides is 1. The highest BCUT2D eigenvalue weighted by Gasteiger charge is 2.43. The van der Waals surface area contributed by atoms with Crippen molar-refractivity contribution in [2.45, 2.75) is 38.0 Å². The number of anilines is 1. The topological polar surface area (TPSA) is 46.6 Å². The quantitative estimate of drug-likeness (QED) is 0.338. The van der Waals surface area contributed by atoms with E-state index in [1.54, 1.807) is 30.2 Å². The van der Waals surface area contributed by atoms with E-state index in [0.717, 1.165) is 11.1 Å². The Morgan fingerprint density at radius 1 is 0.889 bits per heavy atom. The van der Waals surface area contributed by atoms with Crippen molar-refractivity contribution in [1.29, 1.82) is 0 Å². The number of rotatable bonds is 4. The highest BCUT2D eigenvalue weighted by Crippen LogP contribution is 2.50. The third-order valence-electron chi connectivity index (χ3n) is 7.06. The van der Waals surface area contributed by atoms with Crippen LogP contribution in [0.25, 0.3) is 0 Å². The molecule has 0 spiro atoms. The van der Waals surface area contributed by atoms with Gasteiger partial charge in [0.25, 0.3) is 0 Å². The molecule has 2 unspecified atom stereocenters. The highest BCUT2D eigenvalue weighted by molar-refractivity contribution is 6.42. The Morgan fingerprint density at radius 3 is 2.36 bits per heavy atom. The maximum absolute atomic E-state index is 13.9. The van der Waals surface area contributed by atoms with Crippen LogP contribution in [-0.2, 0) is 9.59 Å². The second-order valence-electron chi connectivity index (χ2n) is 9.20. The minimum Gasteiger partial charge on any atom is -0.495 e.